The van der Waals surface area contributed by atoms with Crippen LogP contribution in [0.5, 0.6) is 0 Å². The Morgan fingerprint density at radius 2 is 1.82 bits per heavy atom. The average Bonchev–Trinajstić information content (AvgIpc) is 2.29. The highest BCUT2D eigenvalue weighted by atomic mass is 35.5. The molecule has 0 aliphatic rings. The SMILES string of the molecule is O=C(O)c1ccc(-c2ccc(F)cc2)nc1Cl. The second kappa shape index (κ2) is 4.51. The maximum absolute atomic E-state index is 12.7. The van der Waals surface area contributed by atoms with Gasteiger partial charge >= 0.3 is 5.97 Å². The Morgan fingerprint density at radius 3 is 2.35 bits per heavy atom. The van der Waals surface area contributed by atoms with Crippen molar-refractivity contribution in [3.8, 4) is 11.3 Å². The van der Waals surface area contributed by atoms with Crippen LogP contribution in [0.3, 0.4) is 0 Å². The first kappa shape index (κ1) is 11.5. The largest absolute Gasteiger partial charge is 0.478 e. The van der Waals surface area contributed by atoms with Crippen LogP contribution in [0.25, 0.3) is 11.3 Å². The molecule has 0 saturated carbocycles. The molecule has 2 aromatic rings. The number of hydrogen-bond acceptors (Lipinski definition) is 2. The molecule has 0 atom stereocenters. The lowest BCUT2D eigenvalue weighted by Crippen LogP contribution is -1.99. The van der Waals surface area contributed by atoms with Gasteiger partial charge in [-0.05, 0) is 36.4 Å². The molecule has 0 amide bonds. The normalized spacial score (nSPS) is 10.2. The number of aromatic nitrogens is 1. The molecule has 0 aliphatic carbocycles. The zero-order valence-electron chi connectivity index (χ0n) is 8.52. The maximum atomic E-state index is 12.7. The fourth-order valence-corrected chi connectivity index (χ4v) is 1.61. The summed E-state index contributed by atoms with van der Waals surface area (Å²) in [5, 5.41) is 8.71. The zero-order chi connectivity index (χ0) is 12.4. The third-order valence-corrected chi connectivity index (χ3v) is 2.51. The second-order valence-corrected chi connectivity index (χ2v) is 3.70. The van der Waals surface area contributed by atoms with Gasteiger partial charge in [0.25, 0.3) is 0 Å². The molecule has 1 aromatic heterocycles. The van der Waals surface area contributed by atoms with Gasteiger partial charge in [-0.25, -0.2) is 14.2 Å². The summed E-state index contributed by atoms with van der Waals surface area (Å²) >= 11 is 5.74. The van der Waals surface area contributed by atoms with Crippen molar-refractivity contribution in [1.82, 2.24) is 4.98 Å². The summed E-state index contributed by atoms with van der Waals surface area (Å²) in [5.74, 6) is -1.48. The molecular formula is C12H7ClFNO2. The quantitative estimate of drug-likeness (QED) is 0.834. The van der Waals surface area contributed by atoms with Gasteiger partial charge in [-0.15, -0.1) is 0 Å². The van der Waals surface area contributed by atoms with Crippen LogP contribution in [0.4, 0.5) is 4.39 Å². The van der Waals surface area contributed by atoms with Gasteiger partial charge in [-0.2, -0.15) is 0 Å². The molecule has 17 heavy (non-hydrogen) atoms. The smallest absolute Gasteiger partial charge is 0.338 e. The molecule has 86 valence electrons. The molecule has 2 rings (SSSR count). The first-order valence-electron chi connectivity index (χ1n) is 4.73. The van der Waals surface area contributed by atoms with Crippen molar-refractivity contribution < 1.29 is 14.3 Å². The van der Waals surface area contributed by atoms with E-state index in [4.69, 9.17) is 16.7 Å². The van der Waals surface area contributed by atoms with Crippen molar-refractivity contribution >= 4 is 17.6 Å². The topological polar surface area (TPSA) is 50.2 Å². The summed E-state index contributed by atoms with van der Waals surface area (Å²) in [4.78, 5) is 14.7. The molecule has 0 saturated heterocycles. The van der Waals surface area contributed by atoms with Gasteiger partial charge in [0, 0.05) is 5.56 Å². The first-order chi connectivity index (χ1) is 8.08. The van der Waals surface area contributed by atoms with Crippen LogP contribution in [0.1, 0.15) is 10.4 Å². The van der Waals surface area contributed by atoms with E-state index < -0.39 is 5.97 Å². The van der Waals surface area contributed by atoms with E-state index in [0.717, 1.165) is 0 Å². The van der Waals surface area contributed by atoms with E-state index in [-0.39, 0.29) is 16.5 Å². The van der Waals surface area contributed by atoms with Crippen molar-refractivity contribution in [2.45, 2.75) is 0 Å². The fourth-order valence-electron chi connectivity index (χ4n) is 1.38. The number of carboxylic acids is 1. The lowest BCUT2D eigenvalue weighted by atomic mass is 10.1. The van der Waals surface area contributed by atoms with Crippen LogP contribution in [0.15, 0.2) is 36.4 Å². The number of halogens is 2. The van der Waals surface area contributed by atoms with E-state index in [2.05, 4.69) is 4.98 Å². The predicted molar refractivity (Wildman–Crippen MR) is 61.6 cm³/mol. The molecule has 1 heterocycles. The number of carboxylic acid groups (broad SMARTS) is 1. The highest BCUT2D eigenvalue weighted by Crippen LogP contribution is 2.22. The zero-order valence-corrected chi connectivity index (χ0v) is 9.28. The van der Waals surface area contributed by atoms with Gasteiger partial charge in [0.05, 0.1) is 11.3 Å². The molecule has 0 unspecified atom stereocenters. The van der Waals surface area contributed by atoms with Gasteiger partial charge in [0.1, 0.15) is 11.0 Å². The Bertz CT molecular complexity index is 569. The van der Waals surface area contributed by atoms with E-state index in [1.807, 2.05) is 0 Å². The Morgan fingerprint density at radius 1 is 1.18 bits per heavy atom. The summed E-state index contributed by atoms with van der Waals surface area (Å²) in [6.07, 6.45) is 0. The summed E-state index contributed by atoms with van der Waals surface area (Å²) in [5.41, 5.74) is 1.11. The van der Waals surface area contributed by atoms with E-state index in [1.54, 1.807) is 12.1 Å². The number of pyridine rings is 1. The lowest BCUT2D eigenvalue weighted by molar-refractivity contribution is 0.0696. The van der Waals surface area contributed by atoms with Gasteiger partial charge < -0.3 is 5.11 Å². The Kier molecular flexibility index (Phi) is 3.06. The van der Waals surface area contributed by atoms with Crippen LogP contribution in [-0.2, 0) is 0 Å². The molecular weight excluding hydrogens is 245 g/mol. The van der Waals surface area contributed by atoms with Gasteiger partial charge in [0.15, 0.2) is 0 Å². The Hall–Kier alpha value is -1.94. The second-order valence-electron chi connectivity index (χ2n) is 3.35. The monoisotopic (exact) mass is 251 g/mol. The number of aromatic carboxylic acids is 1. The number of benzene rings is 1. The Balaban J connectivity index is 2.44. The minimum Gasteiger partial charge on any atom is -0.478 e. The molecule has 1 aromatic carbocycles. The third-order valence-electron chi connectivity index (χ3n) is 2.22. The summed E-state index contributed by atoms with van der Waals surface area (Å²) in [6, 6.07) is 8.61. The average molecular weight is 252 g/mol. The molecule has 0 aliphatic heterocycles. The molecule has 1 N–H and O–H groups in total. The minimum absolute atomic E-state index is 0.0578. The van der Waals surface area contributed by atoms with Crippen molar-refractivity contribution in [2.24, 2.45) is 0 Å². The van der Waals surface area contributed by atoms with E-state index in [0.29, 0.717) is 11.3 Å². The van der Waals surface area contributed by atoms with E-state index in [1.165, 1.54) is 24.3 Å². The van der Waals surface area contributed by atoms with Gasteiger partial charge in [0.2, 0.25) is 0 Å². The standard InChI is InChI=1S/C12H7ClFNO2/c13-11-9(12(16)17)5-6-10(15-11)7-1-3-8(14)4-2-7/h1-6H,(H,16,17). The summed E-state index contributed by atoms with van der Waals surface area (Å²) < 4.78 is 12.7. The fraction of sp³-hybridized carbons (Fsp3) is 0. The highest BCUT2D eigenvalue weighted by molar-refractivity contribution is 6.32. The molecule has 0 spiro atoms. The lowest BCUT2D eigenvalue weighted by Gasteiger charge is -2.03. The van der Waals surface area contributed by atoms with Crippen LogP contribution >= 0.6 is 11.6 Å². The van der Waals surface area contributed by atoms with Crippen molar-refractivity contribution in [3.63, 3.8) is 0 Å². The number of nitrogens with zero attached hydrogens (tertiary/aromatic N) is 1. The first-order valence-corrected chi connectivity index (χ1v) is 5.11. The van der Waals surface area contributed by atoms with Crippen LogP contribution in [0, 0.1) is 5.82 Å². The van der Waals surface area contributed by atoms with Crippen molar-refractivity contribution in [1.29, 1.82) is 0 Å². The third kappa shape index (κ3) is 2.42. The summed E-state index contributed by atoms with van der Waals surface area (Å²) in [7, 11) is 0. The maximum Gasteiger partial charge on any atom is 0.338 e. The highest BCUT2D eigenvalue weighted by Gasteiger charge is 2.11. The molecule has 5 heteroatoms. The molecule has 0 radical (unpaired) electrons. The number of hydrogen-bond donors (Lipinski definition) is 1. The molecule has 0 fully saturated rings. The van der Waals surface area contributed by atoms with Crippen LogP contribution in [-0.4, -0.2) is 16.1 Å². The Labute approximate surface area is 101 Å². The summed E-state index contributed by atoms with van der Waals surface area (Å²) in [6.45, 7) is 0. The minimum atomic E-state index is -1.13. The predicted octanol–water partition coefficient (Wildman–Crippen LogP) is 3.24. The number of carbonyl (C=O) groups is 1. The number of rotatable bonds is 2. The van der Waals surface area contributed by atoms with Crippen LogP contribution in [0.2, 0.25) is 5.15 Å². The molecule has 0 bridgehead atoms. The van der Waals surface area contributed by atoms with E-state index in [9.17, 15) is 9.18 Å². The van der Waals surface area contributed by atoms with Crippen LogP contribution < -0.4 is 0 Å². The van der Waals surface area contributed by atoms with Crippen molar-refractivity contribution in [2.75, 3.05) is 0 Å². The van der Waals surface area contributed by atoms with Gasteiger partial charge in [-0.3, -0.25) is 0 Å². The molecule has 3 nitrogen and oxygen atoms in total. The van der Waals surface area contributed by atoms with Crippen molar-refractivity contribution in [3.05, 3.63) is 52.9 Å². The van der Waals surface area contributed by atoms with Gasteiger partial charge in [-0.1, -0.05) is 11.6 Å². The van der Waals surface area contributed by atoms with E-state index >= 15 is 0 Å².